The minimum atomic E-state index is -0.331. The third-order valence-corrected chi connectivity index (χ3v) is 5.95. The Bertz CT molecular complexity index is 787. The first-order valence-corrected chi connectivity index (χ1v) is 9.66. The number of aliphatic hydroxyl groups excluding tert-OH is 1. The molecule has 0 saturated carbocycles. The number of ether oxygens (including phenoxy) is 2. The van der Waals surface area contributed by atoms with Gasteiger partial charge in [0.05, 0.1) is 26.0 Å². The number of hydrogen-bond donors (Lipinski definition) is 1. The van der Waals surface area contributed by atoms with Crippen molar-refractivity contribution in [2.45, 2.75) is 25.0 Å². The fourth-order valence-corrected chi connectivity index (χ4v) is 4.49. The predicted octanol–water partition coefficient (Wildman–Crippen LogP) is 2.35. The first-order chi connectivity index (χ1) is 13.2. The second-order valence-corrected chi connectivity index (χ2v) is 7.34. The molecule has 1 saturated heterocycles. The van der Waals surface area contributed by atoms with Crippen LogP contribution in [0.15, 0.2) is 42.5 Å². The average Bonchev–Trinajstić information content (AvgIpc) is 2.73. The molecule has 27 heavy (non-hydrogen) atoms. The molecule has 1 aliphatic carbocycles. The van der Waals surface area contributed by atoms with Crippen molar-refractivity contribution in [2.24, 2.45) is 0 Å². The van der Waals surface area contributed by atoms with Crippen molar-refractivity contribution in [1.29, 1.82) is 0 Å². The summed E-state index contributed by atoms with van der Waals surface area (Å²) in [4.78, 5) is 4.81. The van der Waals surface area contributed by atoms with Crippen LogP contribution in [-0.4, -0.2) is 62.6 Å². The lowest BCUT2D eigenvalue weighted by Gasteiger charge is -2.44. The molecule has 5 heteroatoms. The van der Waals surface area contributed by atoms with Crippen LogP contribution in [0.3, 0.4) is 0 Å². The van der Waals surface area contributed by atoms with Crippen molar-refractivity contribution in [1.82, 2.24) is 4.90 Å². The van der Waals surface area contributed by atoms with Crippen LogP contribution in [-0.2, 0) is 12.8 Å². The highest BCUT2D eigenvalue weighted by molar-refractivity contribution is 5.58. The summed E-state index contributed by atoms with van der Waals surface area (Å²) in [5.41, 5.74) is 3.61. The molecule has 1 heterocycles. The van der Waals surface area contributed by atoms with Crippen molar-refractivity contribution >= 4 is 5.69 Å². The highest BCUT2D eigenvalue weighted by atomic mass is 16.5. The average molecular weight is 368 g/mol. The molecular weight excluding hydrogens is 340 g/mol. The zero-order valence-electron chi connectivity index (χ0n) is 16.1. The Balaban J connectivity index is 1.47. The molecule has 1 aliphatic heterocycles. The molecule has 1 N–H and O–H groups in total. The molecule has 0 bridgehead atoms. The molecule has 5 nitrogen and oxygen atoms in total. The molecule has 144 valence electrons. The van der Waals surface area contributed by atoms with Crippen molar-refractivity contribution in [3.05, 3.63) is 53.6 Å². The number of aliphatic hydroxyl groups is 1. The number of anilines is 1. The summed E-state index contributed by atoms with van der Waals surface area (Å²) in [5.74, 6) is 1.86. The minimum Gasteiger partial charge on any atom is -0.496 e. The van der Waals surface area contributed by atoms with Gasteiger partial charge in [-0.05, 0) is 35.7 Å². The van der Waals surface area contributed by atoms with Gasteiger partial charge in [0.15, 0.2) is 0 Å². The summed E-state index contributed by atoms with van der Waals surface area (Å²) >= 11 is 0. The highest BCUT2D eigenvalue weighted by Crippen LogP contribution is 2.33. The van der Waals surface area contributed by atoms with Crippen LogP contribution in [0.2, 0.25) is 0 Å². The fourth-order valence-electron chi connectivity index (χ4n) is 4.49. The Morgan fingerprint density at radius 2 is 1.56 bits per heavy atom. The van der Waals surface area contributed by atoms with E-state index in [4.69, 9.17) is 9.47 Å². The van der Waals surface area contributed by atoms with Crippen LogP contribution >= 0.6 is 0 Å². The lowest BCUT2D eigenvalue weighted by atomic mass is 9.84. The van der Waals surface area contributed by atoms with E-state index in [9.17, 15) is 5.11 Å². The van der Waals surface area contributed by atoms with Gasteiger partial charge in [0.1, 0.15) is 11.5 Å². The van der Waals surface area contributed by atoms with E-state index in [2.05, 4.69) is 28.0 Å². The van der Waals surface area contributed by atoms with Crippen molar-refractivity contribution in [3.63, 3.8) is 0 Å². The molecule has 1 fully saturated rings. The van der Waals surface area contributed by atoms with Crippen LogP contribution < -0.4 is 14.4 Å². The Labute approximate surface area is 161 Å². The van der Waals surface area contributed by atoms with E-state index >= 15 is 0 Å². The zero-order valence-corrected chi connectivity index (χ0v) is 16.1. The number of hydrogen-bond acceptors (Lipinski definition) is 5. The van der Waals surface area contributed by atoms with Crippen molar-refractivity contribution < 1.29 is 14.6 Å². The van der Waals surface area contributed by atoms with Gasteiger partial charge in [-0.25, -0.2) is 0 Å². The molecule has 2 atom stereocenters. The summed E-state index contributed by atoms with van der Waals surface area (Å²) in [6, 6.07) is 14.5. The quantitative estimate of drug-likeness (QED) is 0.898. The molecule has 0 amide bonds. The molecule has 0 radical (unpaired) electrons. The maximum Gasteiger partial charge on any atom is 0.142 e. The second kappa shape index (κ2) is 7.79. The number of rotatable bonds is 4. The number of fused-ring (bicyclic) bond motifs is 1. The molecule has 2 aromatic rings. The lowest BCUT2D eigenvalue weighted by molar-refractivity contribution is 0.0390. The van der Waals surface area contributed by atoms with Crippen LogP contribution in [0.4, 0.5) is 5.69 Å². The fraction of sp³-hybridized carbons (Fsp3) is 0.455. The number of benzene rings is 2. The predicted molar refractivity (Wildman–Crippen MR) is 107 cm³/mol. The maximum absolute atomic E-state index is 10.8. The normalized spacial score (nSPS) is 23.0. The third kappa shape index (κ3) is 3.49. The van der Waals surface area contributed by atoms with E-state index in [0.29, 0.717) is 6.42 Å². The van der Waals surface area contributed by atoms with E-state index in [1.165, 1.54) is 11.1 Å². The molecule has 2 aliphatic rings. The van der Waals surface area contributed by atoms with E-state index in [-0.39, 0.29) is 12.1 Å². The molecular formula is C22H28N2O3. The smallest absolute Gasteiger partial charge is 0.142 e. The van der Waals surface area contributed by atoms with Gasteiger partial charge in [-0.1, -0.05) is 24.3 Å². The maximum atomic E-state index is 10.8. The minimum absolute atomic E-state index is 0.147. The monoisotopic (exact) mass is 368 g/mol. The van der Waals surface area contributed by atoms with Gasteiger partial charge >= 0.3 is 0 Å². The lowest BCUT2D eigenvalue weighted by Crippen LogP contribution is -2.56. The molecule has 0 aromatic heterocycles. The van der Waals surface area contributed by atoms with Gasteiger partial charge in [-0.15, -0.1) is 0 Å². The standard InChI is InChI=1S/C22H28N2O3/c1-26-21-9-5-6-16-14-20(25)19(15-17(16)21)24-12-10-23(11-13-24)18-7-3-4-8-22(18)27-2/h3-9,19-20,25H,10-15H2,1-2H3/t19-,20-/m1/s1. The SMILES string of the molecule is COc1ccccc1N1CCN([C@@H]2Cc3c(cccc3OC)C[C@H]2O)CC1. The van der Waals surface area contributed by atoms with Gasteiger partial charge < -0.3 is 19.5 Å². The van der Waals surface area contributed by atoms with E-state index in [1.54, 1.807) is 14.2 Å². The molecule has 0 spiro atoms. The summed E-state index contributed by atoms with van der Waals surface area (Å²) in [5, 5.41) is 10.8. The van der Waals surface area contributed by atoms with Gasteiger partial charge in [-0.2, -0.15) is 0 Å². The van der Waals surface area contributed by atoms with E-state index < -0.39 is 0 Å². The van der Waals surface area contributed by atoms with Gasteiger partial charge in [-0.3, -0.25) is 4.90 Å². The van der Waals surface area contributed by atoms with Crippen molar-refractivity contribution in [3.8, 4) is 11.5 Å². The Morgan fingerprint density at radius 3 is 2.30 bits per heavy atom. The number of para-hydroxylation sites is 2. The molecule has 4 rings (SSSR count). The zero-order chi connectivity index (χ0) is 18.8. The summed E-state index contributed by atoms with van der Waals surface area (Å²) in [6.45, 7) is 3.74. The second-order valence-electron chi connectivity index (χ2n) is 7.34. The van der Waals surface area contributed by atoms with Crippen LogP contribution in [0, 0.1) is 0 Å². The summed E-state index contributed by atoms with van der Waals surface area (Å²) in [6.07, 6.45) is 1.21. The molecule has 0 unspecified atom stereocenters. The Hall–Kier alpha value is -2.24. The highest BCUT2D eigenvalue weighted by Gasteiger charge is 2.34. The van der Waals surface area contributed by atoms with E-state index in [0.717, 1.165) is 49.8 Å². The van der Waals surface area contributed by atoms with Gasteiger partial charge in [0.2, 0.25) is 0 Å². The van der Waals surface area contributed by atoms with Gasteiger partial charge in [0.25, 0.3) is 0 Å². The Morgan fingerprint density at radius 1 is 0.852 bits per heavy atom. The topological polar surface area (TPSA) is 45.2 Å². The summed E-state index contributed by atoms with van der Waals surface area (Å²) < 4.78 is 11.1. The first-order valence-electron chi connectivity index (χ1n) is 9.66. The number of nitrogens with zero attached hydrogens (tertiary/aromatic N) is 2. The Kier molecular flexibility index (Phi) is 5.23. The van der Waals surface area contributed by atoms with Crippen LogP contribution in [0.25, 0.3) is 0 Å². The number of piperazine rings is 1. The first kappa shape index (κ1) is 18.1. The van der Waals surface area contributed by atoms with E-state index in [1.807, 2.05) is 24.3 Å². The largest absolute Gasteiger partial charge is 0.496 e. The molecule has 2 aromatic carbocycles. The van der Waals surface area contributed by atoms with Crippen LogP contribution in [0.1, 0.15) is 11.1 Å². The third-order valence-electron chi connectivity index (χ3n) is 5.95. The summed E-state index contributed by atoms with van der Waals surface area (Å²) in [7, 11) is 3.44. The van der Waals surface area contributed by atoms with Crippen molar-refractivity contribution in [2.75, 3.05) is 45.3 Å². The van der Waals surface area contributed by atoms with Gasteiger partial charge in [0, 0.05) is 38.6 Å². The number of methoxy groups -OCH3 is 2. The van der Waals surface area contributed by atoms with Crippen LogP contribution in [0.5, 0.6) is 11.5 Å².